The number of non-ortho nitro benzene ring substituents is 1. The number of ether oxygens (including phenoxy) is 1. The number of nitrogens with zero attached hydrogens (tertiary/aromatic N) is 1. The number of carboxylic acid groups (broad SMARTS) is 1. The van der Waals surface area contributed by atoms with E-state index in [0.29, 0.717) is 0 Å². The van der Waals surface area contributed by atoms with Crippen molar-refractivity contribution in [3.8, 4) is 0 Å². The molecule has 0 saturated heterocycles. The van der Waals surface area contributed by atoms with Gasteiger partial charge in [0.25, 0.3) is 5.69 Å². The summed E-state index contributed by atoms with van der Waals surface area (Å²) >= 11 is 0. The van der Waals surface area contributed by atoms with Crippen LogP contribution in [0.4, 0.5) is 5.69 Å². The second-order valence-corrected chi connectivity index (χ2v) is 3.91. The van der Waals surface area contributed by atoms with Gasteiger partial charge in [-0.05, 0) is 12.1 Å². The first-order valence-electron chi connectivity index (χ1n) is 5.49. The molecule has 0 bridgehead atoms. The molecule has 1 N–H and O–H groups in total. The zero-order valence-electron chi connectivity index (χ0n) is 10.3. The summed E-state index contributed by atoms with van der Waals surface area (Å²) in [6, 6.07) is 6.43. The first kappa shape index (κ1) is 13.5. The van der Waals surface area contributed by atoms with Gasteiger partial charge in [0, 0.05) is 11.5 Å². The van der Waals surface area contributed by atoms with Gasteiger partial charge in [-0.15, -0.1) is 0 Å². The number of hydrogen-bond acceptors (Lipinski definition) is 5. The van der Waals surface area contributed by atoms with Crippen molar-refractivity contribution in [2.75, 3.05) is 7.11 Å². The lowest BCUT2D eigenvalue weighted by molar-refractivity contribution is -0.383. The van der Waals surface area contributed by atoms with Crippen molar-refractivity contribution in [2.45, 2.75) is 0 Å². The average Bonchev–Trinajstić information content (AvgIpc) is 2.44. The number of nitro groups is 1. The maximum atomic E-state index is 11.7. The van der Waals surface area contributed by atoms with Gasteiger partial charge in [-0.25, -0.2) is 9.59 Å². The first-order valence-corrected chi connectivity index (χ1v) is 5.49. The highest BCUT2D eigenvalue weighted by molar-refractivity contribution is 6.14. The molecular formula is C13H9NO6. The SMILES string of the molecule is COC(=O)c1ccc(C(=O)O)c2cccc([N+](=O)[O-])c12. The van der Waals surface area contributed by atoms with Gasteiger partial charge < -0.3 is 9.84 Å². The molecule has 2 aromatic carbocycles. The number of carbonyl (C=O) groups is 2. The predicted octanol–water partition coefficient (Wildman–Crippen LogP) is 2.23. The molecule has 0 amide bonds. The summed E-state index contributed by atoms with van der Waals surface area (Å²) in [6.07, 6.45) is 0. The first-order chi connectivity index (χ1) is 9.47. The monoisotopic (exact) mass is 275 g/mol. The molecule has 0 heterocycles. The zero-order chi connectivity index (χ0) is 14.9. The molecule has 0 atom stereocenters. The molecule has 0 radical (unpaired) electrons. The van der Waals surface area contributed by atoms with E-state index in [-0.39, 0.29) is 27.6 Å². The molecule has 0 aliphatic rings. The molecule has 20 heavy (non-hydrogen) atoms. The molecule has 2 rings (SSSR count). The van der Waals surface area contributed by atoms with Gasteiger partial charge >= 0.3 is 11.9 Å². The minimum atomic E-state index is -1.23. The van der Waals surface area contributed by atoms with E-state index >= 15 is 0 Å². The second kappa shape index (κ2) is 4.96. The summed E-state index contributed by atoms with van der Waals surface area (Å²) in [5.41, 5.74) is -0.498. The van der Waals surface area contributed by atoms with Crippen LogP contribution >= 0.6 is 0 Å². The number of methoxy groups -OCH3 is 1. The Morgan fingerprint density at radius 2 is 1.85 bits per heavy atom. The molecule has 0 aromatic heterocycles. The second-order valence-electron chi connectivity index (χ2n) is 3.91. The number of benzene rings is 2. The molecule has 0 unspecified atom stereocenters. The highest BCUT2D eigenvalue weighted by Gasteiger charge is 2.23. The van der Waals surface area contributed by atoms with Gasteiger partial charge in [-0.1, -0.05) is 12.1 Å². The highest BCUT2D eigenvalue weighted by atomic mass is 16.6. The largest absolute Gasteiger partial charge is 0.478 e. The third-order valence-electron chi connectivity index (χ3n) is 2.85. The third-order valence-corrected chi connectivity index (χ3v) is 2.85. The van der Waals surface area contributed by atoms with Crippen molar-refractivity contribution in [3.05, 3.63) is 51.6 Å². The maximum absolute atomic E-state index is 11.7. The van der Waals surface area contributed by atoms with Crippen LogP contribution in [0.3, 0.4) is 0 Å². The molecule has 0 spiro atoms. The van der Waals surface area contributed by atoms with Crippen molar-refractivity contribution in [2.24, 2.45) is 0 Å². The van der Waals surface area contributed by atoms with E-state index in [0.717, 1.165) is 7.11 Å². The summed E-state index contributed by atoms with van der Waals surface area (Å²) < 4.78 is 4.57. The number of carbonyl (C=O) groups excluding carboxylic acids is 1. The van der Waals surface area contributed by atoms with E-state index in [4.69, 9.17) is 5.11 Å². The number of nitro benzene ring substituents is 1. The van der Waals surface area contributed by atoms with Crippen LogP contribution in [-0.2, 0) is 4.74 Å². The normalized spacial score (nSPS) is 10.2. The molecule has 0 fully saturated rings. The van der Waals surface area contributed by atoms with E-state index in [1.54, 1.807) is 0 Å². The Hall–Kier alpha value is -2.96. The van der Waals surface area contributed by atoms with E-state index in [1.165, 1.54) is 30.3 Å². The molecular weight excluding hydrogens is 266 g/mol. The molecule has 7 nitrogen and oxygen atoms in total. The zero-order valence-corrected chi connectivity index (χ0v) is 10.3. The van der Waals surface area contributed by atoms with E-state index in [2.05, 4.69) is 4.74 Å². The Bertz CT molecular complexity index is 737. The molecule has 0 aliphatic heterocycles. The highest BCUT2D eigenvalue weighted by Crippen LogP contribution is 2.31. The molecule has 0 aliphatic carbocycles. The standard InChI is InChI=1S/C13H9NO6/c1-20-13(17)9-6-5-8(12(15)16)7-3-2-4-10(11(7)9)14(18)19/h2-6H,1H3,(H,15,16). The number of carboxylic acids is 1. The van der Waals surface area contributed by atoms with Gasteiger partial charge in [-0.2, -0.15) is 0 Å². The van der Waals surface area contributed by atoms with Crippen LogP contribution < -0.4 is 0 Å². The fraction of sp³-hybridized carbons (Fsp3) is 0.0769. The van der Waals surface area contributed by atoms with Crippen LogP contribution in [0.25, 0.3) is 10.8 Å². The van der Waals surface area contributed by atoms with Crippen molar-refractivity contribution in [1.82, 2.24) is 0 Å². The fourth-order valence-electron chi connectivity index (χ4n) is 2.01. The van der Waals surface area contributed by atoms with Gasteiger partial charge in [-0.3, -0.25) is 10.1 Å². The number of rotatable bonds is 3. The Labute approximate surface area is 112 Å². The van der Waals surface area contributed by atoms with Gasteiger partial charge in [0.15, 0.2) is 0 Å². The number of fused-ring (bicyclic) bond motifs is 1. The minimum Gasteiger partial charge on any atom is -0.478 e. The van der Waals surface area contributed by atoms with Crippen LogP contribution in [0.5, 0.6) is 0 Å². The average molecular weight is 275 g/mol. The summed E-state index contributed by atoms with van der Waals surface area (Å²) in [5, 5.41) is 20.3. The van der Waals surface area contributed by atoms with Crippen LogP contribution in [0.2, 0.25) is 0 Å². The number of hydrogen-bond donors (Lipinski definition) is 1. The lowest BCUT2D eigenvalue weighted by atomic mass is 9.98. The van der Waals surface area contributed by atoms with Crippen molar-refractivity contribution in [3.63, 3.8) is 0 Å². The topological polar surface area (TPSA) is 107 Å². The van der Waals surface area contributed by atoms with Crippen molar-refractivity contribution >= 4 is 28.4 Å². The lowest BCUT2D eigenvalue weighted by Gasteiger charge is -2.08. The van der Waals surface area contributed by atoms with Crippen molar-refractivity contribution in [1.29, 1.82) is 0 Å². The third kappa shape index (κ3) is 2.05. The quantitative estimate of drug-likeness (QED) is 0.523. The smallest absolute Gasteiger partial charge is 0.338 e. The Kier molecular flexibility index (Phi) is 3.34. The Morgan fingerprint density at radius 3 is 2.40 bits per heavy atom. The molecule has 7 heteroatoms. The summed E-state index contributed by atoms with van der Waals surface area (Å²) in [7, 11) is 1.15. The van der Waals surface area contributed by atoms with Gasteiger partial charge in [0.2, 0.25) is 0 Å². The number of aromatic carboxylic acids is 1. The van der Waals surface area contributed by atoms with Crippen LogP contribution in [0.15, 0.2) is 30.3 Å². The summed E-state index contributed by atoms with van der Waals surface area (Å²) in [4.78, 5) is 33.3. The van der Waals surface area contributed by atoms with Crippen LogP contribution in [0, 0.1) is 10.1 Å². The molecule has 0 saturated carbocycles. The van der Waals surface area contributed by atoms with E-state index in [9.17, 15) is 19.7 Å². The van der Waals surface area contributed by atoms with E-state index < -0.39 is 16.9 Å². The molecule has 102 valence electrons. The van der Waals surface area contributed by atoms with Crippen LogP contribution in [0.1, 0.15) is 20.7 Å². The minimum absolute atomic E-state index is 0.0377. The van der Waals surface area contributed by atoms with Crippen molar-refractivity contribution < 1.29 is 24.4 Å². The fourth-order valence-corrected chi connectivity index (χ4v) is 2.01. The summed E-state index contributed by atoms with van der Waals surface area (Å²) in [5.74, 6) is -1.99. The van der Waals surface area contributed by atoms with Crippen LogP contribution in [-0.4, -0.2) is 29.1 Å². The predicted molar refractivity (Wildman–Crippen MR) is 68.9 cm³/mol. The summed E-state index contributed by atoms with van der Waals surface area (Å²) in [6.45, 7) is 0. The number of esters is 1. The van der Waals surface area contributed by atoms with Gasteiger partial charge in [0.1, 0.15) is 0 Å². The molecule has 2 aromatic rings. The Morgan fingerprint density at radius 1 is 1.20 bits per heavy atom. The Balaban J connectivity index is 2.96. The van der Waals surface area contributed by atoms with Gasteiger partial charge in [0.05, 0.1) is 28.5 Å². The van der Waals surface area contributed by atoms with E-state index in [1.807, 2.05) is 0 Å². The lowest BCUT2D eigenvalue weighted by Crippen LogP contribution is -2.06. The maximum Gasteiger partial charge on any atom is 0.338 e.